The van der Waals surface area contributed by atoms with Gasteiger partial charge in [0.2, 0.25) is 0 Å². The first kappa shape index (κ1) is 18.3. The Labute approximate surface area is 159 Å². The van der Waals surface area contributed by atoms with Gasteiger partial charge >= 0.3 is 5.97 Å². The quantitative estimate of drug-likeness (QED) is 0.799. The Morgan fingerprint density at radius 1 is 1.23 bits per heavy atom. The fourth-order valence-corrected chi connectivity index (χ4v) is 3.62. The third kappa shape index (κ3) is 3.83. The molecule has 136 valence electrons. The molecule has 1 aromatic heterocycles. The summed E-state index contributed by atoms with van der Waals surface area (Å²) in [4.78, 5) is 25.2. The number of anilines is 1. The van der Waals surface area contributed by atoms with Crippen molar-refractivity contribution < 1.29 is 9.90 Å². The zero-order valence-electron chi connectivity index (χ0n) is 14.6. The number of pyridine rings is 1. The van der Waals surface area contributed by atoms with Crippen LogP contribution in [0.15, 0.2) is 52.0 Å². The van der Waals surface area contributed by atoms with E-state index < -0.39 is 5.97 Å². The van der Waals surface area contributed by atoms with Crippen molar-refractivity contribution >= 4 is 33.2 Å². The number of hydrogen-bond donors (Lipinski definition) is 2. The van der Waals surface area contributed by atoms with Gasteiger partial charge in [-0.15, -0.1) is 0 Å². The van der Waals surface area contributed by atoms with Crippen LogP contribution in [0.25, 0.3) is 5.57 Å². The predicted molar refractivity (Wildman–Crippen MR) is 105 cm³/mol. The molecule has 2 N–H and O–H groups in total. The van der Waals surface area contributed by atoms with Crippen LogP contribution < -0.4 is 10.9 Å². The van der Waals surface area contributed by atoms with Gasteiger partial charge in [0, 0.05) is 39.1 Å². The molecule has 0 spiro atoms. The van der Waals surface area contributed by atoms with Crippen LogP contribution in [-0.4, -0.2) is 40.2 Å². The van der Waals surface area contributed by atoms with Gasteiger partial charge in [-0.25, -0.2) is 4.79 Å². The lowest BCUT2D eigenvalue weighted by molar-refractivity contribution is 0.0697. The summed E-state index contributed by atoms with van der Waals surface area (Å²) in [6.45, 7) is 0.804. The molecule has 0 saturated heterocycles. The fourth-order valence-electron chi connectivity index (χ4n) is 3.09. The van der Waals surface area contributed by atoms with Gasteiger partial charge in [-0.2, -0.15) is 0 Å². The number of rotatable bonds is 4. The standard InChI is InChI=1S/C19H20BrN3O3/c1-22-10-14(12-3-5-13(6-4-12)19(25)26)9-15(11-22)21-16-7-8-23(2)18(24)17(16)20/h3-8,10,15,21H,9,11H2,1-2H3,(H,25,26)/t15-/m1/s1. The summed E-state index contributed by atoms with van der Waals surface area (Å²) >= 11 is 3.37. The fraction of sp³-hybridized carbons (Fsp3) is 0.263. The van der Waals surface area contributed by atoms with E-state index in [9.17, 15) is 9.59 Å². The second kappa shape index (κ2) is 7.37. The van der Waals surface area contributed by atoms with Crippen LogP contribution in [0.1, 0.15) is 22.3 Å². The molecule has 1 aliphatic rings. The Kier molecular flexibility index (Phi) is 5.18. The average Bonchev–Trinajstić information content (AvgIpc) is 2.62. The lowest BCUT2D eigenvalue weighted by atomic mass is 9.95. The normalized spacial score (nSPS) is 17.0. The van der Waals surface area contributed by atoms with Crippen molar-refractivity contribution in [1.82, 2.24) is 9.47 Å². The number of aromatic carboxylic acids is 1. The topological polar surface area (TPSA) is 74.6 Å². The predicted octanol–water partition coefficient (Wildman–Crippen LogP) is 3.00. The minimum atomic E-state index is -0.929. The van der Waals surface area contributed by atoms with Crippen LogP contribution >= 0.6 is 15.9 Å². The first-order chi connectivity index (χ1) is 12.3. The van der Waals surface area contributed by atoms with Gasteiger partial charge in [0.15, 0.2) is 0 Å². The Bertz CT molecular complexity index is 919. The van der Waals surface area contributed by atoms with Gasteiger partial charge in [-0.3, -0.25) is 4.79 Å². The van der Waals surface area contributed by atoms with Crippen LogP contribution in [0, 0.1) is 0 Å². The van der Waals surface area contributed by atoms with Crippen molar-refractivity contribution in [2.45, 2.75) is 12.5 Å². The molecule has 7 heteroatoms. The zero-order valence-corrected chi connectivity index (χ0v) is 16.2. The molecular weight excluding hydrogens is 398 g/mol. The Balaban J connectivity index is 1.80. The molecule has 1 atom stereocenters. The molecule has 6 nitrogen and oxygen atoms in total. The van der Waals surface area contributed by atoms with Crippen LogP contribution in [0.5, 0.6) is 0 Å². The molecule has 1 aliphatic heterocycles. The second-order valence-electron chi connectivity index (χ2n) is 6.48. The number of nitrogens with zero attached hydrogens (tertiary/aromatic N) is 2. The van der Waals surface area contributed by atoms with E-state index in [-0.39, 0.29) is 17.2 Å². The minimum absolute atomic E-state index is 0.0841. The molecule has 2 heterocycles. The maximum atomic E-state index is 12.1. The van der Waals surface area contributed by atoms with Gasteiger partial charge < -0.3 is 19.9 Å². The monoisotopic (exact) mass is 417 g/mol. The van der Waals surface area contributed by atoms with Crippen molar-refractivity contribution in [3.05, 3.63) is 68.7 Å². The summed E-state index contributed by atoms with van der Waals surface area (Å²) in [5.74, 6) is -0.929. The molecule has 3 rings (SSSR count). The minimum Gasteiger partial charge on any atom is -0.478 e. The number of aryl methyl sites for hydroxylation is 1. The van der Waals surface area contributed by atoms with Crippen molar-refractivity contribution in [3.8, 4) is 0 Å². The van der Waals surface area contributed by atoms with E-state index in [4.69, 9.17) is 5.11 Å². The van der Waals surface area contributed by atoms with Crippen molar-refractivity contribution in [1.29, 1.82) is 0 Å². The molecule has 26 heavy (non-hydrogen) atoms. The molecule has 0 amide bonds. The van der Waals surface area contributed by atoms with Gasteiger partial charge in [0.25, 0.3) is 5.56 Å². The molecule has 0 fully saturated rings. The number of carboxylic acid groups (broad SMARTS) is 1. The highest BCUT2D eigenvalue weighted by Crippen LogP contribution is 2.28. The largest absolute Gasteiger partial charge is 0.478 e. The van der Waals surface area contributed by atoms with Crippen molar-refractivity contribution in [3.63, 3.8) is 0 Å². The van der Waals surface area contributed by atoms with E-state index >= 15 is 0 Å². The highest BCUT2D eigenvalue weighted by atomic mass is 79.9. The lowest BCUT2D eigenvalue weighted by Gasteiger charge is -2.31. The number of nitrogens with one attached hydrogen (secondary N) is 1. The van der Waals surface area contributed by atoms with Crippen molar-refractivity contribution in [2.24, 2.45) is 7.05 Å². The van der Waals surface area contributed by atoms with E-state index in [1.807, 2.05) is 25.2 Å². The van der Waals surface area contributed by atoms with E-state index in [2.05, 4.69) is 32.3 Å². The Morgan fingerprint density at radius 2 is 1.92 bits per heavy atom. The number of carbonyl (C=O) groups is 1. The SMILES string of the molecule is CN1C=C(c2ccc(C(=O)O)cc2)C[C@@H](Nc2ccn(C)c(=O)c2Br)C1. The summed E-state index contributed by atoms with van der Waals surface area (Å²) in [5, 5.41) is 12.5. The Morgan fingerprint density at radius 3 is 2.58 bits per heavy atom. The highest BCUT2D eigenvalue weighted by Gasteiger charge is 2.21. The molecule has 0 aliphatic carbocycles. The second-order valence-corrected chi connectivity index (χ2v) is 7.27. The number of carboxylic acids is 1. The summed E-state index contributed by atoms with van der Waals surface area (Å²) < 4.78 is 2.05. The van der Waals surface area contributed by atoms with Gasteiger partial charge in [0.05, 0.1) is 11.3 Å². The molecule has 0 bridgehead atoms. The van der Waals surface area contributed by atoms with Gasteiger partial charge in [-0.05, 0) is 51.7 Å². The molecule has 0 radical (unpaired) electrons. The smallest absolute Gasteiger partial charge is 0.335 e. The van der Waals surface area contributed by atoms with Gasteiger partial charge in [0.1, 0.15) is 4.47 Å². The van der Waals surface area contributed by atoms with Crippen LogP contribution in [0.2, 0.25) is 0 Å². The average molecular weight is 418 g/mol. The van der Waals surface area contributed by atoms with E-state index in [0.29, 0.717) is 4.47 Å². The molecule has 1 aromatic carbocycles. The number of halogens is 1. The van der Waals surface area contributed by atoms with E-state index in [1.165, 1.54) is 4.57 Å². The van der Waals surface area contributed by atoms with Gasteiger partial charge in [-0.1, -0.05) is 12.1 Å². The van der Waals surface area contributed by atoms with E-state index in [1.54, 1.807) is 25.4 Å². The maximum absolute atomic E-state index is 12.1. The lowest BCUT2D eigenvalue weighted by Crippen LogP contribution is -2.36. The zero-order chi connectivity index (χ0) is 18.8. The summed E-state index contributed by atoms with van der Waals surface area (Å²) in [6, 6.07) is 8.91. The van der Waals surface area contributed by atoms with Crippen molar-refractivity contribution in [2.75, 3.05) is 18.9 Å². The summed E-state index contributed by atoms with van der Waals surface area (Å²) in [5.41, 5.74) is 3.08. The highest BCUT2D eigenvalue weighted by molar-refractivity contribution is 9.10. The summed E-state index contributed by atoms with van der Waals surface area (Å²) in [6.07, 6.45) is 4.59. The maximum Gasteiger partial charge on any atom is 0.335 e. The van der Waals surface area contributed by atoms with E-state index in [0.717, 1.165) is 29.8 Å². The Hall–Kier alpha value is -2.54. The molecule has 0 unspecified atom stereocenters. The van der Waals surface area contributed by atoms with Crippen LogP contribution in [0.3, 0.4) is 0 Å². The first-order valence-electron chi connectivity index (χ1n) is 8.21. The molecule has 0 saturated carbocycles. The third-order valence-electron chi connectivity index (χ3n) is 4.42. The van der Waals surface area contributed by atoms with Crippen LogP contribution in [0.4, 0.5) is 5.69 Å². The number of hydrogen-bond acceptors (Lipinski definition) is 4. The summed E-state index contributed by atoms with van der Waals surface area (Å²) in [7, 11) is 3.71. The van der Waals surface area contributed by atoms with Crippen LogP contribution in [-0.2, 0) is 7.05 Å². The third-order valence-corrected chi connectivity index (χ3v) is 5.19. The number of aromatic nitrogens is 1. The number of likely N-dealkylation sites (N-methyl/N-ethyl adjacent to an activating group) is 1. The molecular formula is C19H20BrN3O3. The number of benzene rings is 1. The first-order valence-corrected chi connectivity index (χ1v) is 9.01. The molecule has 2 aromatic rings.